The molecule has 4 N–H and O–H groups in total. The van der Waals surface area contributed by atoms with Gasteiger partial charge in [-0.1, -0.05) is 58.5 Å². The van der Waals surface area contributed by atoms with E-state index < -0.39 is 5.41 Å². The summed E-state index contributed by atoms with van der Waals surface area (Å²) in [4.78, 5) is 12.9. The largest absolute Gasteiger partial charge is 0.409 e. The molecule has 2 fully saturated rings. The molecule has 1 amide bonds. The normalized spacial score (nSPS) is 27.7. The van der Waals surface area contributed by atoms with Gasteiger partial charge in [0.1, 0.15) is 5.41 Å². The van der Waals surface area contributed by atoms with Gasteiger partial charge in [0.15, 0.2) is 5.84 Å². The van der Waals surface area contributed by atoms with Gasteiger partial charge in [-0.2, -0.15) is 0 Å². The molecule has 2 aliphatic carbocycles. The molecule has 0 saturated heterocycles. The summed E-state index contributed by atoms with van der Waals surface area (Å²) < 4.78 is 0. The molecule has 0 aliphatic heterocycles. The van der Waals surface area contributed by atoms with Crippen LogP contribution < -0.4 is 11.1 Å². The molecule has 0 heterocycles. The molecule has 0 bridgehead atoms. The van der Waals surface area contributed by atoms with E-state index in [2.05, 4.69) is 38.2 Å². The third-order valence-corrected chi connectivity index (χ3v) is 6.29. The minimum Gasteiger partial charge on any atom is -0.409 e. The summed E-state index contributed by atoms with van der Waals surface area (Å²) in [5.41, 5.74) is 5.26. The molecule has 2 rings (SSSR count). The van der Waals surface area contributed by atoms with Gasteiger partial charge in [0.2, 0.25) is 5.91 Å². The molecule has 5 heteroatoms. The number of hydrogen-bond donors (Lipinski definition) is 3. The fourth-order valence-corrected chi connectivity index (χ4v) is 3.85. The number of amides is 1. The SMILES string of the molecule is CC1(C)C(NC(=O)C2(C(N)=NO)CCCCCC2)C1(C)C. The Morgan fingerprint density at radius 2 is 1.57 bits per heavy atom. The highest BCUT2D eigenvalue weighted by Gasteiger charge is 2.66. The van der Waals surface area contributed by atoms with Crippen molar-refractivity contribution in [3.8, 4) is 0 Å². The lowest BCUT2D eigenvalue weighted by atomic mass is 9.78. The number of nitrogens with one attached hydrogen (secondary N) is 1. The summed E-state index contributed by atoms with van der Waals surface area (Å²) in [6, 6.07) is 0.143. The van der Waals surface area contributed by atoms with E-state index in [1.54, 1.807) is 0 Å². The number of carbonyl (C=O) groups excluding carboxylic acids is 1. The Balaban J connectivity index is 2.20. The smallest absolute Gasteiger partial charge is 0.234 e. The fourth-order valence-electron chi connectivity index (χ4n) is 3.85. The minimum absolute atomic E-state index is 0.0663. The molecule has 2 saturated carbocycles. The molecule has 0 aromatic carbocycles. The van der Waals surface area contributed by atoms with Gasteiger partial charge >= 0.3 is 0 Å². The van der Waals surface area contributed by atoms with Gasteiger partial charge in [-0.15, -0.1) is 0 Å². The van der Waals surface area contributed by atoms with Crippen LogP contribution in [0, 0.1) is 16.2 Å². The zero-order valence-corrected chi connectivity index (χ0v) is 13.7. The maximum absolute atomic E-state index is 12.9. The van der Waals surface area contributed by atoms with Crippen LogP contribution in [0.5, 0.6) is 0 Å². The number of nitrogens with zero attached hydrogens (tertiary/aromatic N) is 1. The maximum atomic E-state index is 12.9. The second-order valence-corrected chi connectivity index (χ2v) is 7.83. The molecular weight excluding hydrogens is 266 g/mol. The van der Waals surface area contributed by atoms with E-state index in [-0.39, 0.29) is 28.6 Å². The van der Waals surface area contributed by atoms with E-state index in [1.165, 1.54) is 0 Å². The Labute approximate surface area is 127 Å². The monoisotopic (exact) mass is 295 g/mol. The van der Waals surface area contributed by atoms with Crippen molar-refractivity contribution >= 4 is 11.7 Å². The third kappa shape index (κ3) is 2.40. The molecule has 0 aromatic rings. The number of hydrogen-bond acceptors (Lipinski definition) is 3. The van der Waals surface area contributed by atoms with E-state index >= 15 is 0 Å². The molecule has 21 heavy (non-hydrogen) atoms. The first-order valence-electron chi connectivity index (χ1n) is 7.99. The first-order chi connectivity index (χ1) is 9.70. The summed E-state index contributed by atoms with van der Waals surface area (Å²) >= 11 is 0. The van der Waals surface area contributed by atoms with Crippen LogP contribution in [0.1, 0.15) is 66.2 Å². The number of rotatable bonds is 3. The van der Waals surface area contributed by atoms with Crippen molar-refractivity contribution in [2.24, 2.45) is 27.1 Å². The lowest BCUT2D eigenvalue weighted by molar-refractivity contribution is -0.128. The van der Waals surface area contributed by atoms with Gasteiger partial charge < -0.3 is 16.3 Å². The number of amidine groups is 1. The van der Waals surface area contributed by atoms with Gasteiger partial charge in [-0.05, 0) is 23.7 Å². The second kappa shape index (κ2) is 5.18. The van der Waals surface area contributed by atoms with Crippen LogP contribution >= 0.6 is 0 Å². The van der Waals surface area contributed by atoms with Crippen molar-refractivity contribution in [3.63, 3.8) is 0 Å². The Hall–Kier alpha value is -1.26. The van der Waals surface area contributed by atoms with Gasteiger partial charge in [0.25, 0.3) is 0 Å². The molecule has 0 unspecified atom stereocenters. The topological polar surface area (TPSA) is 87.7 Å². The summed E-state index contributed by atoms with van der Waals surface area (Å²) in [6.45, 7) is 8.67. The van der Waals surface area contributed by atoms with E-state index in [0.717, 1.165) is 25.7 Å². The van der Waals surface area contributed by atoms with Crippen molar-refractivity contribution in [3.05, 3.63) is 0 Å². The Bertz CT molecular complexity index is 432. The summed E-state index contributed by atoms with van der Waals surface area (Å²) in [5.74, 6) is 0.00140. The lowest BCUT2D eigenvalue weighted by Gasteiger charge is -2.30. The zero-order chi connectivity index (χ0) is 15.9. The van der Waals surface area contributed by atoms with Crippen molar-refractivity contribution in [2.75, 3.05) is 0 Å². The predicted molar refractivity (Wildman–Crippen MR) is 83.0 cm³/mol. The molecule has 2 aliphatic rings. The van der Waals surface area contributed by atoms with Crippen LogP contribution in [0.4, 0.5) is 0 Å². The average Bonchev–Trinajstić information content (AvgIpc) is 2.96. The van der Waals surface area contributed by atoms with Crippen LogP contribution in [0.3, 0.4) is 0 Å². The Morgan fingerprint density at radius 1 is 1.10 bits per heavy atom. The van der Waals surface area contributed by atoms with Crippen molar-refractivity contribution < 1.29 is 10.0 Å². The predicted octanol–water partition coefficient (Wildman–Crippen LogP) is 2.62. The average molecular weight is 295 g/mol. The molecule has 5 nitrogen and oxygen atoms in total. The van der Waals surface area contributed by atoms with Gasteiger partial charge in [-0.3, -0.25) is 4.79 Å². The highest BCUT2D eigenvalue weighted by atomic mass is 16.4. The van der Waals surface area contributed by atoms with Crippen molar-refractivity contribution in [2.45, 2.75) is 72.3 Å². The van der Waals surface area contributed by atoms with E-state index in [9.17, 15) is 4.79 Å². The zero-order valence-electron chi connectivity index (χ0n) is 13.7. The minimum atomic E-state index is -0.833. The lowest BCUT2D eigenvalue weighted by Crippen LogP contribution is -2.51. The summed E-state index contributed by atoms with van der Waals surface area (Å²) in [6.07, 6.45) is 5.44. The first kappa shape index (κ1) is 16.1. The van der Waals surface area contributed by atoms with Gasteiger partial charge in [0.05, 0.1) is 0 Å². The van der Waals surface area contributed by atoms with E-state index in [1.807, 2.05) is 0 Å². The van der Waals surface area contributed by atoms with Gasteiger partial charge in [0, 0.05) is 6.04 Å². The molecule has 0 atom stereocenters. The standard InChI is InChI=1S/C16H29N3O2/c1-14(2)11(15(14,3)4)18-13(20)16(12(17)19-21)9-7-5-6-8-10-16/h11,21H,5-10H2,1-4H3,(H2,17,19)(H,18,20). The number of carbonyl (C=O) groups is 1. The highest BCUT2D eigenvalue weighted by Crippen LogP contribution is 2.62. The first-order valence-corrected chi connectivity index (χ1v) is 7.99. The Morgan fingerprint density at radius 3 is 1.95 bits per heavy atom. The molecule has 0 aromatic heterocycles. The number of oxime groups is 1. The van der Waals surface area contributed by atoms with Crippen LogP contribution in [-0.2, 0) is 4.79 Å². The van der Waals surface area contributed by atoms with Gasteiger partial charge in [-0.25, -0.2) is 0 Å². The molecule has 120 valence electrons. The van der Waals surface area contributed by atoms with Crippen LogP contribution in [-0.4, -0.2) is 23.0 Å². The Kier molecular flexibility index (Phi) is 3.98. The second-order valence-electron chi connectivity index (χ2n) is 7.83. The fraction of sp³-hybridized carbons (Fsp3) is 0.875. The third-order valence-electron chi connectivity index (χ3n) is 6.29. The summed E-state index contributed by atoms with van der Waals surface area (Å²) in [7, 11) is 0. The quantitative estimate of drug-likeness (QED) is 0.246. The highest BCUT2D eigenvalue weighted by molar-refractivity contribution is 6.07. The number of nitrogens with two attached hydrogens (primary N) is 1. The summed E-state index contributed by atoms with van der Waals surface area (Å²) in [5, 5.41) is 15.5. The molecule has 0 radical (unpaired) electrons. The molecular formula is C16H29N3O2. The van der Waals surface area contributed by atoms with Crippen molar-refractivity contribution in [1.29, 1.82) is 0 Å². The van der Waals surface area contributed by atoms with Crippen LogP contribution in [0.25, 0.3) is 0 Å². The van der Waals surface area contributed by atoms with Crippen LogP contribution in [0.2, 0.25) is 0 Å². The van der Waals surface area contributed by atoms with E-state index in [0.29, 0.717) is 12.8 Å². The van der Waals surface area contributed by atoms with Crippen LogP contribution in [0.15, 0.2) is 5.16 Å². The van der Waals surface area contributed by atoms with E-state index in [4.69, 9.17) is 10.9 Å². The van der Waals surface area contributed by atoms with Crippen molar-refractivity contribution in [1.82, 2.24) is 5.32 Å². The maximum Gasteiger partial charge on any atom is 0.234 e. The molecule has 0 spiro atoms.